The zero-order chi connectivity index (χ0) is 21.8. The molecule has 0 aromatic heterocycles. The SMILES string of the molecule is COCCNC(=O)C(=O)N/N=C\c1ccccc1OCC(=O)Nc1ccc(Br)cc1. The van der Waals surface area contributed by atoms with Crippen LogP contribution >= 0.6 is 15.9 Å². The Hall–Kier alpha value is -3.24. The predicted octanol–water partition coefficient (Wildman–Crippen LogP) is 1.68. The molecule has 0 spiro atoms. The molecule has 2 aromatic rings. The monoisotopic (exact) mass is 476 g/mol. The lowest BCUT2D eigenvalue weighted by molar-refractivity contribution is -0.139. The minimum absolute atomic E-state index is 0.213. The van der Waals surface area contributed by atoms with E-state index >= 15 is 0 Å². The molecule has 30 heavy (non-hydrogen) atoms. The molecule has 0 unspecified atom stereocenters. The molecule has 0 heterocycles. The number of hydrazone groups is 1. The van der Waals surface area contributed by atoms with Crippen molar-refractivity contribution in [3.05, 3.63) is 58.6 Å². The van der Waals surface area contributed by atoms with Crippen LogP contribution in [0.3, 0.4) is 0 Å². The van der Waals surface area contributed by atoms with Gasteiger partial charge in [0.15, 0.2) is 6.61 Å². The summed E-state index contributed by atoms with van der Waals surface area (Å²) in [5.41, 5.74) is 3.29. The third-order valence-corrected chi connectivity index (χ3v) is 4.10. The number of carbonyl (C=O) groups excluding carboxylic acids is 3. The van der Waals surface area contributed by atoms with Crippen LogP contribution in [0, 0.1) is 0 Å². The average Bonchev–Trinajstić information content (AvgIpc) is 2.74. The lowest BCUT2D eigenvalue weighted by atomic mass is 10.2. The van der Waals surface area contributed by atoms with Gasteiger partial charge in [0.05, 0.1) is 12.8 Å². The summed E-state index contributed by atoms with van der Waals surface area (Å²) in [6.07, 6.45) is 1.32. The highest BCUT2D eigenvalue weighted by atomic mass is 79.9. The van der Waals surface area contributed by atoms with Crippen LogP contribution in [0.4, 0.5) is 5.69 Å². The maximum absolute atomic E-state index is 12.1. The Morgan fingerprint density at radius 2 is 1.80 bits per heavy atom. The van der Waals surface area contributed by atoms with Gasteiger partial charge in [-0.15, -0.1) is 0 Å². The minimum Gasteiger partial charge on any atom is -0.483 e. The van der Waals surface area contributed by atoms with E-state index in [1.165, 1.54) is 13.3 Å². The smallest absolute Gasteiger partial charge is 0.329 e. The fourth-order valence-corrected chi connectivity index (χ4v) is 2.41. The summed E-state index contributed by atoms with van der Waals surface area (Å²) in [6, 6.07) is 14.0. The van der Waals surface area contributed by atoms with Gasteiger partial charge in [-0.1, -0.05) is 28.1 Å². The summed E-state index contributed by atoms with van der Waals surface area (Å²) < 4.78 is 11.2. The Bertz CT molecular complexity index is 902. The molecule has 0 aliphatic heterocycles. The number of halogens is 1. The third-order valence-electron chi connectivity index (χ3n) is 3.57. The number of benzene rings is 2. The van der Waals surface area contributed by atoms with E-state index in [-0.39, 0.29) is 19.1 Å². The molecule has 0 aliphatic rings. The van der Waals surface area contributed by atoms with Crippen molar-refractivity contribution < 1.29 is 23.9 Å². The lowest BCUT2D eigenvalue weighted by Crippen LogP contribution is -2.39. The van der Waals surface area contributed by atoms with Gasteiger partial charge in [-0.25, -0.2) is 5.43 Å². The first-order valence-corrected chi connectivity index (χ1v) is 9.66. The molecule has 3 amide bonds. The van der Waals surface area contributed by atoms with Crippen LogP contribution < -0.4 is 20.8 Å². The van der Waals surface area contributed by atoms with Crippen LogP contribution in [0.5, 0.6) is 5.75 Å². The largest absolute Gasteiger partial charge is 0.483 e. The molecule has 0 radical (unpaired) electrons. The number of hydrogen-bond donors (Lipinski definition) is 3. The standard InChI is InChI=1S/C20H21BrN4O5/c1-29-11-10-22-19(27)20(28)25-23-12-14-4-2-3-5-17(14)30-13-18(26)24-16-8-6-15(21)7-9-16/h2-9,12H,10-11,13H2,1H3,(H,22,27)(H,24,26)(H,25,28)/b23-12-. The molecule has 2 aromatic carbocycles. The highest BCUT2D eigenvalue weighted by Gasteiger charge is 2.11. The third kappa shape index (κ3) is 8.02. The number of nitrogens with one attached hydrogen (secondary N) is 3. The molecule has 2 rings (SSSR count). The van der Waals surface area contributed by atoms with Crippen molar-refractivity contribution in [2.45, 2.75) is 0 Å². The Balaban J connectivity index is 1.86. The van der Waals surface area contributed by atoms with Crippen LogP contribution in [-0.4, -0.2) is 50.8 Å². The van der Waals surface area contributed by atoms with Gasteiger partial charge in [-0.2, -0.15) is 5.10 Å². The van der Waals surface area contributed by atoms with Crippen LogP contribution in [-0.2, 0) is 19.1 Å². The van der Waals surface area contributed by atoms with Crippen LogP contribution in [0.25, 0.3) is 0 Å². The van der Waals surface area contributed by atoms with E-state index in [1.807, 2.05) is 12.1 Å². The summed E-state index contributed by atoms with van der Waals surface area (Å²) in [6.45, 7) is 0.295. The van der Waals surface area contributed by atoms with Crippen LogP contribution in [0.2, 0.25) is 0 Å². The Kier molecular flexibility index (Phi) is 9.49. The first kappa shape index (κ1) is 23.0. The van der Waals surface area contributed by atoms with Crippen molar-refractivity contribution in [2.75, 3.05) is 32.2 Å². The van der Waals surface area contributed by atoms with Crippen molar-refractivity contribution >= 4 is 45.6 Å². The molecule has 0 bridgehead atoms. The number of anilines is 1. The quantitative estimate of drug-likeness (QED) is 0.220. The number of para-hydroxylation sites is 1. The number of methoxy groups -OCH3 is 1. The van der Waals surface area contributed by atoms with Gasteiger partial charge in [-0.3, -0.25) is 14.4 Å². The fourth-order valence-electron chi connectivity index (χ4n) is 2.15. The van der Waals surface area contributed by atoms with Gasteiger partial charge in [-0.05, 0) is 36.4 Å². The fraction of sp³-hybridized carbons (Fsp3) is 0.200. The van der Waals surface area contributed by atoms with E-state index in [0.29, 0.717) is 23.6 Å². The van der Waals surface area contributed by atoms with E-state index in [1.54, 1.807) is 36.4 Å². The van der Waals surface area contributed by atoms with Gasteiger partial charge < -0.3 is 20.1 Å². The minimum atomic E-state index is -0.908. The van der Waals surface area contributed by atoms with Crippen molar-refractivity contribution in [3.63, 3.8) is 0 Å². The molecule has 0 saturated carbocycles. The van der Waals surface area contributed by atoms with Gasteiger partial charge in [0.1, 0.15) is 5.75 Å². The van der Waals surface area contributed by atoms with Gasteiger partial charge >= 0.3 is 11.8 Å². The molecular formula is C20H21BrN4O5. The summed E-state index contributed by atoms with van der Waals surface area (Å²) in [4.78, 5) is 35.3. The number of hydrogen-bond acceptors (Lipinski definition) is 6. The molecule has 0 saturated heterocycles. The van der Waals surface area contributed by atoms with Gasteiger partial charge in [0.25, 0.3) is 5.91 Å². The molecule has 10 heteroatoms. The van der Waals surface area contributed by atoms with Crippen LogP contribution in [0.1, 0.15) is 5.56 Å². The zero-order valence-corrected chi connectivity index (χ0v) is 17.8. The van der Waals surface area contributed by atoms with Crippen molar-refractivity contribution in [1.29, 1.82) is 0 Å². The summed E-state index contributed by atoms with van der Waals surface area (Å²) in [5.74, 6) is -1.66. The lowest BCUT2D eigenvalue weighted by Gasteiger charge is -2.09. The number of nitrogens with zero attached hydrogens (tertiary/aromatic N) is 1. The first-order chi connectivity index (χ1) is 14.5. The predicted molar refractivity (Wildman–Crippen MR) is 115 cm³/mol. The first-order valence-electron chi connectivity index (χ1n) is 8.87. The molecule has 0 aliphatic carbocycles. The van der Waals surface area contributed by atoms with E-state index in [4.69, 9.17) is 9.47 Å². The topological polar surface area (TPSA) is 118 Å². The Morgan fingerprint density at radius 3 is 2.53 bits per heavy atom. The second kappa shape index (κ2) is 12.3. The van der Waals surface area contributed by atoms with Gasteiger partial charge in [0, 0.05) is 29.4 Å². The van der Waals surface area contributed by atoms with E-state index in [9.17, 15) is 14.4 Å². The number of carbonyl (C=O) groups is 3. The van der Waals surface area contributed by atoms with Crippen molar-refractivity contribution in [1.82, 2.24) is 10.7 Å². The van der Waals surface area contributed by atoms with E-state index < -0.39 is 11.8 Å². The number of amides is 3. The molecule has 3 N–H and O–H groups in total. The van der Waals surface area contributed by atoms with Crippen molar-refractivity contribution in [2.24, 2.45) is 5.10 Å². The highest BCUT2D eigenvalue weighted by molar-refractivity contribution is 9.10. The molecule has 0 atom stereocenters. The molecular weight excluding hydrogens is 456 g/mol. The summed E-state index contributed by atoms with van der Waals surface area (Å²) in [5, 5.41) is 8.85. The molecule has 158 valence electrons. The average molecular weight is 477 g/mol. The van der Waals surface area contributed by atoms with Crippen molar-refractivity contribution in [3.8, 4) is 5.75 Å². The molecule has 9 nitrogen and oxygen atoms in total. The second-order valence-electron chi connectivity index (χ2n) is 5.83. The van der Waals surface area contributed by atoms with E-state index in [0.717, 1.165) is 4.47 Å². The summed E-state index contributed by atoms with van der Waals surface area (Å²) >= 11 is 3.33. The summed E-state index contributed by atoms with van der Waals surface area (Å²) in [7, 11) is 1.49. The molecule has 0 fully saturated rings. The van der Waals surface area contributed by atoms with E-state index in [2.05, 4.69) is 37.1 Å². The van der Waals surface area contributed by atoms with Crippen LogP contribution in [0.15, 0.2) is 58.1 Å². The Labute approximate surface area is 182 Å². The highest BCUT2D eigenvalue weighted by Crippen LogP contribution is 2.17. The van der Waals surface area contributed by atoms with Gasteiger partial charge in [0.2, 0.25) is 0 Å². The maximum atomic E-state index is 12.1. The normalized spacial score (nSPS) is 10.5. The second-order valence-corrected chi connectivity index (χ2v) is 6.75. The zero-order valence-electron chi connectivity index (χ0n) is 16.2. The number of ether oxygens (including phenoxy) is 2. The Morgan fingerprint density at radius 1 is 1.07 bits per heavy atom. The maximum Gasteiger partial charge on any atom is 0.329 e. The number of rotatable bonds is 9.